The highest BCUT2D eigenvalue weighted by Crippen LogP contribution is 2.29. The second kappa shape index (κ2) is 6.33. The van der Waals surface area contributed by atoms with Gasteiger partial charge in [-0.1, -0.05) is 12.0 Å². The normalized spacial score (nSPS) is 23.0. The van der Waals surface area contributed by atoms with Gasteiger partial charge in [-0.3, -0.25) is 14.5 Å². The van der Waals surface area contributed by atoms with Crippen LogP contribution >= 0.6 is 0 Å². The predicted octanol–water partition coefficient (Wildman–Crippen LogP) is 2.50. The van der Waals surface area contributed by atoms with Gasteiger partial charge in [0.2, 0.25) is 0 Å². The van der Waals surface area contributed by atoms with Gasteiger partial charge < -0.3 is 9.84 Å². The quantitative estimate of drug-likeness (QED) is 0.852. The number of rotatable bonds is 2. The van der Waals surface area contributed by atoms with Crippen LogP contribution in [0.15, 0.2) is 18.2 Å². The number of ether oxygens (including phenoxy) is 1. The Morgan fingerprint density at radius 3 is 2.70 bits per heavy atom. The highest BCUT2D eigenvalue weighted by atomic mass is 16.5. The van der Waals surface area contributed by atoms with Gasteiger partial charge in [-0.25, -0.2) is 0 Å². The summed E-state index contributed by atoms with van der Waals surface area (Å²) < 4.78 is 5.15. The summed E-state index contributed by atoms with van der Waals surface area (Å²) in [6.45, 7) is 0.496. The van der Waals surface area contributed by atoms with Crippen molar-refractivity contribution in [1.29, 1.82) is 0 Å². The molecule has 0 saturated heterocycles. The van der Waals surface area contributed by atoms with Crippen molar-refractivity contribution in [1.82, 2.24) is 4.90 Å². The SMILES string of the molecule is COc1ccc2c(c1)C(=O)N(C#CC1CCC(C(=O)O)CC1)C2. The number of carbonyl (C=O) groups is 2. The summed E-state index contributed by atoms with van der Waals surface area (Å²) in [6.07, 6.45) is 2.90. The first kappa shape index (κ1) is 15.4. The number of nitrogens with zero attached hydrogens (tertiary/aromatic N) is 1. The van der Waals surface area contributed by atoms with Gasteiger partial charge in [-0.2, -0.15) is 0 Å². The second-order valence-electron chi connectivity index (χ2n) is 6.06. The molecule has 2 aliphatic rings. The molecule has 1 N–H and O–H groups in total. The Bertz CT molecular complexity index is 693. The van der Waals surface area contributed by atoms with Crippen LogP contribution in [0.4, 0.5) is 0 Å². The van der Waals surface area contributed by atoms with E-state index < -0.39 is 5.97 Å². The largest absolute Gasteiger partial charge is 0.497 e. The van der Waals surface area contributed by atoms with Crippen molar-refractivity contribution in [3.8, 4) is 17.7 Å². The van der Waals surface area contributed by atoms with E-state index in [2.05, 4.69) is 12.0 Å². The monoisotopic (exact) mass is 313 g/mol. The molecule has 23 heavy (non-hydrogen) atoms. The van der Waals surface area contributed by atoms with Crippen LogP contribution in [0.1, 0.15) is 41.6 Å². The molecule has 0 radical (unpaired) electrons. The van der Waals surface area contributed by atoms with Crippen LogP contribution < -0.4 is 4.74 Å². The lowest BCUT2D eigenvalue weighted by molar-refractivity contribution is -0.142. The van der Waals surface area contributed by atoms with Crippen LogP contribution in [0.3, 0.4) is 0 Å². The van der Waals surface area contributed by atoms with E-state index in [9.17, 15) is 9.59 Å². The maximum absolute atomic E-state index is 12.4. The van der Waals surface area contributed by atoms with E-state index in [0.29, 0.717) is 30.7 Å². The Morgan fingerprint density at radius 2 is 2.04 bits per heavy atom. The minimum Gasteiger partial charge on any atom is -0.497 e. The number of benzene rings is 1. The molecule has 1 saturated carbocycles. The summed E-state index contributed by atoms with van der Waals surface area (Å²) in [5, 5.41) is 9.01. The zero-order valence-electron chi connectivity index (χ0n) is 13.0. The minimum absolute atomic E-state index is 0.0920. The van der Waals surface area contributed by atoms with Crippen molar-refractivity contribution < 1.29 is 19.4 Å². The average Bonchev–Trinajstić information content (AvgIpc) is 2.89. The molecule has 1 fully saturated rings. The van der Waals surface area contributed by atoms with E-state index in [1.807, 2.05) is 12.1 Å². The van der Waals surface area contributed by atoms with Gasteiger partial charge in [-0.05, 0) is 43.4 Å². The van der Waals surface area contributed by atoms with Gasteiger partial charge in [0.25, 0.3) is 5.91 Å². The Labute approximate surface area is 135 Å². The number of methoxy groups -OCH3 is 1. The fraction of sp³-hybridized carbons (Fsp3) is 0.444. The number of carboxylic acids is 1. The molecule has 0 aromatic heterocycles. The van der Waals surface area contributed by atoms with Gasteiger partial charge in [0.1, 0.15) is 5.75 Å². The van der Waals surface area contributed by atoms with Crippen molar-refractivity contribution >= 4 is 11.9 Å². The molecule has 5 heteroatoms. The zero-order chi connectivity index (χ0) is 16.4. The van der Waals surface area contributed by atoms with E-state index in [4.69, 9.17) is 9.84 Å². The first-order valence-electron chi connectivity index (χ1n) is 7.81. The van der Waals surface area contributed by atoms with E-state index in [-0.39, 0.29) is 17.7 Å². The summed E-state index contributed by atoms with van der Waals surface area (Å²) in [5.74, 6) is 2.95. The molecule has 120 valence electrons. The van der Waals surface area contributed by atoms with Gasteiger partial charge in [0, 0.05) is 17.5 Å². The summed E-state index contributed by atoms with van der Waals surface area (Å²) in [4.78, 5) is 24.9. The first-order chi connectivity index (χ1) is 11.1. The van der Waals surface area contributed by atoms with Gasteiger partial charge >= 0.3 is 5.97 Å². The maximum Gasteiger partial charge on any atom is 0.306 e. The van der Waals surface area contributed by atoms with Gasteiger partial charge in [0.05, 0.1) is 19.6 Å². The first-order valence-corrected chi connectivity index (χ1v) is 7.81. The molecule has 1 aliphatic carbocycles. The molecule has 1 amide bonds. The lowest BCUT2D eigenvalue weighted by Crippen LogP contribution is -2.22. The Balaban J connectivity index is 1.65. The molecule has 1 aromatic carbocycles. The molecule has 0 unspecified atom stereocenters. The highest BCUT2D eigenvalue weighted by Gasteiger charge is 2.28. The number of amides is 1. The Hall–Kier alpha value is -2.48. The standard InChI is InChI=1S/C18H19NO4/c1-23-15-7-6-14-11-19(17(20)16(14)10-15)9-8-12-2-4-13(5-3-12)18(21)22/h6-7,10,12-13H,2-5,11H2,1H3,(H,21,22). The molecule has 0 spiro atoms. The van der Waals surface area contributed by atoms with Crippen molar-refractivity contribution in [3.63, 3.8) is 0 Å². The van der Waals surface area contributed by atoms with Crippen LogP contribution in [-0.4, -0.2) is 29.0 Å². The fourth-order valence-corrected chi connectivity index (χ4v) is 3.15. The zero-order valence-corrected chi connectivity index (χ0v) is 13.0. The summed E-state index contributed by atoms with van der Waals surface area (Å²) in [5.41, 5.74) is 1.60. The number of hydrogen-bond donors (Lipinski definition) is 1. The predicted molar refractivity (Wildman–Crippen MR) is 83.7 cm³/mol. The van der Waals surface area contributed by atoms with Crippen molar-refractivity contribution in [2.24, 2.45) is 11.8 Å². The number of fused-ring (bicyclic) bond motifs is 1. The summed E-state index contributed by atoms with van der Waals surface area (Å²) in [7, 11) is 1.58. The molecule has 5 nitrogen and oxygen atoms in total. The lowest BCUT2D eigenvalue weighted by Gasteiger charge is -2.22. The van der Waals surface area contributed by atoms with Crippen LogP contribution in [0.25, 0.3) is 0 Å². The summed E-state index contributed by atoms with van der Waals surface area (Å²) in [6, 6.07) is 8.46. The second-order valence-corrected chi connectivity index (χ2v) is 6.06. The molecular weight excluding hydrogens is 294 g/mol. The van der Waals surface area contributed by atoms with Gasteiger partial charge in [0.15, 0.2) is 0 Å². The third kappa shape index (κ3) is 3.16. The third-order valence-corrected chi connectivity index (χ3v) is 4.60. The molecule has 0 atom stereocenters. The fourth-order valence-electron chi connectivity index (χ4n) is 3.15. The molecular formula is C18H19NO4. The van der Waals surface area contributed by atoms with Crippen molar-refractivity contribution in [3.05, 3.63) is 29.3 Å². The number of carboxylic acid groups (broad SMARTS) is 1. The molecule has 1 aromatic rings. The minimum atomic E-state index is -0.712. The number of carbonyl (C=O) groups excluding carboxylic acids is 1. The van der Waals surface area contributed by atoms with Crippen LogP contribution in [-0.2, 0) is 11.3 Å². The lowest BCUT2D eigenvalue weighted by atomic mass is 9.82. The smallest absolute Gasteiger partial charge is 0.306 e. The average molecular weight is 313 g/mol. The third-order valence-electron chi connectivity index (χ3n) is 4.60. The number of aliphatic carboxylic acids is 1. The van der Waals surface area contributed by atoms with Crippen LogP contribution in [0.5, 0.6) is 5.75 Å². The van der Waals surface area contributed by atoms with Crippen LogP contribution in [0, 0.1) is 23.8 Å². The molecule has 1 aliphatic heterocycles. The van der Waals surface area contributed by atoms with Crippen molar-refractivity contribution in [2.75, 3.05) is 7.11 Å². The number of hydrogen-bond acceptors (Lipinski definition) is 3. The topological polar surface area (TPSA) is 66.8 Å². The van der Waals surface area contributed by atoms with E-state index in [1.165, 1.54) is 4.90 Å². The summed E-state index contributed by atoms with van der Waals surface area (Å²) >= 11 is 0. The van der Waals surface area contributed by atoms with Gasteiger partial charge in [-0.15, -0.1) is 0 Å². The van der Waals surface area contributed by atoms with E-state index in [0.717, 1.165) is 18.4 Å². The Morgan fingerprint density at radius 1 is 1.30 bits per heavy atom. The Kier molecular flexibility index (Phi) is 4.24. The highest BCUT2D eigenvalue weighted by molar-refractivity contribution is 5.99. The maximum atomic E-state index is 12.4. The van der Waals surface area contributed by atoms with E-state index in [1.54, 1.807) is 13.2 Å². The van der Waals surface area contributed by atoms with E-state index >= 15 is 0 Å². The van der Waals surface area contributed by atoms with Crippen molar-refractivity contribution in [2.45, 2.75) is 32.2 Å². The molecule has 1 heterocycles. The van der Waals surface area contributed by atoms with Crippen LogP contribution in [0.2, 0.25) is 0 Å². The molecule has 3 rings (SSSR count). The molecule has 0 bridgehead atoms.